The molecule has 0 saturated carbocycles. The summed E-state index contributed by atoms with van der Waals surface area (Å²) in [7, 11) is 1.76. The van der Waals surface area contributed by atoms with Crippen molar-refractivity contribution in [2.45, 2.75) is 25.4 Å². The van der Waals surface area contributed by atoms with Crippen LogP contribution in [0.5, 0.6) is 0 Å². The van der Waals surface area contributed by atoms with Crippen molar-refractivity contribution in [2.75, 3.05) is 33.3 Å². The van der Waals surface area contributed by atoms with Gasteiger partial charge in [-0.3, -0.25) is 9.78 Å². The molecule has 24 heavy (non-hydrogen) atoms. The Labute approximate surface area is 160 Å². The van der Waals surface area contributed by atoms with Gasteiger partial charge in [0.1, 0.15) is 6.54 Å². The maximum absolute atomic E-state index is 12.0. The predicted molar refractivity (Wildman–Crippen MR) is 104 cm³/mol. The zero-order chi connectivity index (χ0) is 16.5. The molecule has 1 aromatic rings. The average molecular weight is 447 g/mol. The number of halogens is 1. The van der Waals surface area contributed by atoms with E-state index < -0.39 is 0 Å². The molecule has 3 N–H and O–H groups in total. The number of amides is 1. The molecule has 7 nitrogen and oxygen atoms in total. The molecule has 2 heterocycles. The number of hydrogen-bond donors (Lipinski definition) is 2. The van der Waals surface area contributed by atoms with Crippen LogP contribution in [-0.2, 0) is 16.0 Å². The zero-order valence-corrected chi connectivity index (χ0v) is 16.3. The Hall–Kier alpha value is -1.42. The van der Waals surface area contributed by atoms with Crippen molar-refractivity contribution in [2.24, 2.45) is 10.7 Å². The minimum atomic E-state index is -0.0669. The predicted octanol–water partition coefficient (Wildman–Crippen LogP) is 0.784. The van der Waals surface area contributed by atoms with Crippen LogP contribution in [0.2, 0.25) is 0 Å². The van der Waals surface area contributed by atoms with E-state index in [-0.39, 0.29) is 48.5 Å². The van der Waals surface area contributed by atoms with Gasteiger partial charge in [0.25, 0.3) is 0 Å². The number of carbonyl (C=O) groups excluding carboxylic acids is 1. The number of likely N-dealkylation sites (N-methyl/N-ethyl adjacent to an activating group) is 1. The van der Waals surface area contributed by atoms with Crippen LogP contribution in [-0.4, -0.2) is 61.1 Å². The lowest BCUT2D eigenvalue weighted by Crippen LogP contribution is -2.38. The number of guanidine groups is 1. The van der Waals surface area contributed by atoms with Gasteiger partial charge in [-0.05, 0) is 25.0 Å². The lowest BCUT2D eigenvalue weighted by molar-refractivity contribution is -0.128. The van der Waals surface area contributed by atoms with E-state index >= 15 is 0 Å². The summed E-state index contributed by atoms with van der Waals surface area (Å²) in [5.74, 6) is 0.217. The molecule has 1 aliphatic rings. The Morgan fingerprint density at radius 2 is 2.38 bits per heavy atom. The van der Waals surface area contributed by atoms with E-state index in [1.807, 2.05) is 18.2 Å². The highest BCUT2D eigenvalue weighted by Crippen LogP contribution is 2.10. The summed E-state index contributed by atoms with van der Waals surface area (Å²) in [6.07, 6.45) is 4.79. The molecule has 8 heteroatoms. The van der Waals surface area contributed by atoms with Gasteiger partial charge in [-0.2, -0.15) is 0 Å². The van der Waals surface area contributed by atoms with Crippen molar-refractivity contribution >= 4 is 35.8 Å². The van der Waals surface area contributed by atoms with E-state index in [4.69, 9.17) is 10.5 Å². The Kier molecular flexibility index (Phi) is 9.62. The SMILES string of the molecule is CN(CCc1ccccn1)C(=O)CN=C(N)NCC1CCCO1.I. The van der Waals surface area contributed by atoms with Gasteiger partial charge >= 0.3 is 0 Å². The van der Waals surface area contributed by atoms with E-state index in [0.717, 1.165) is 31.6 Å². The topological polar surface area (TPSA) is 92.8 Å². The fraction of sp³-hybridized carbons (Fsp3) is 0.562. The van der Waals surface area contributed by atoms with E-state index in [9.17, 15) is 4.79 Å². The molecule has 1 amide bonds. The molecule has 0 radical (unpaired) electrons. The Morgan fingerprint density at radius 1 is 1.54 bits per heavy atom. The lowest BCUT2D eigenvalue weighted by atomic mass is 10.2. The molecule has 0 aromatic carbocycles. The van der Waals surface area contributed by atoms with Crippen LogP contribution in [0.4, 0.5) is 0 Å². The van der Waals surface area contributed by atoms with Crippen molar-refractivity contribution in [3.63, 3.8) is 0 Å². The van der Waals surface area contributed by atoms with Crippen molar-refractivity contribution in [1.29, 1.82) is 0 Å². The Balaban J connectivity index is 0.00000288. The third kappa shape index (κ3) is 7.43. The molecule has 0 spiro atoms. The largest absolute Gasteiger partial charge is 0.376 e. The van der Waals surface area contributed by atoms with E-state index in [0.29, 0.717) is 13.1 Å². The van der Waals surface area contributed by atoms with Gasteiger partial charge in [-0.25, -0.2) is 4.99 Å². The van der Waals surface area contributed by atoms with Gasteiger partial charge in [0, 0.05) is 45.1 Å². The van der Waals surface area contributed by atoms with Gasteiger partial charge in [0.2, 0.25) is 5.91 Å². The first-order valence-electron chi connectivity index (χ1n) is 7.94. The lowest BCUT2D eigenvalue weighted by Gasteiger charge is -2.16. The van der Waals surface area contributed by atoms with Crippen LogP contribution >= 0.6 is 24.0 Å². The van der Waals surface area contributed by atoms with Gasteiger partial charge in [-0.15, -0.1) is 24.0 Å². The molecule has 0 aliphatic carbocycles. The first-order valence-corrected chi connectivity index (χ1v) is 7.94. The number of nitrogens with one attached hydrogen (secondary N) is 1. The maximum Gasteiger partial charge on any atom is 0.244 e. The van der Waals surface area contributed by atoms with Crippen molar-refractivity contribution in [3.8, 4) is 0 Å². The molecule has 134 valence electrons. The first kappa shape index (κ1) is 20.6. The summed E-state index contributed by atoms with van der Waals surface area (Å²) in [5, 5.41) is 3.00. The fourth-order valence-corrected chi connectivity index (χ4v) is 2.31. The van der Waals surface area contributed by atoms with E-state index in [1.165, 1.54) is 0 Å². The standard InChI is InChI=1S/C16H25N5O2.HI/c1-21(9-7-13-5-2-3-8-18-13)15(22)12-20-16(17)19-11-14-6-4-10-23-14;/h2-3,5,8,14H,4,6-7,9-12H2,1H3,(H3,17,19,20);1H. The minimum Gasteiger partial charge on any atom is -0.376 e. The number of hydrogen-bond acceptors (Lipinski definition) is 4. The molecule has 1 aliphatic heterocycles. The Bertz CT molecular complexity index is 520. The van der Waals surface area contributed by atoms with Crippen LogP contribution in [0, 0.1) is 0 Å². The monoisotopic (exact) mass is 447 g/mol. The zero-order valence-electron chi connectivity index (χ0n) is 14.0. The van der Waals surface area contributed by atoms with Crippen molar-refractivity contribution in [1.82, 2.24) is 15.2 Å². The third-order valence-electron chi connectivity index (χ3n) is 3.77. The second kappa shape index (κ2) is 11.2. The van der Waals surface area contributed by atoms with Crippen LogP contribution in [0.15, 0.2) is 29.4 Å². The smallest absolute Gasteiger partial charge is 0.244 e. The summed E-state index contributed by atoms with van der Waals surface area (Å²) < 4.78 is 5.49. The molecular formula is C16H26IN5O2. The summed E-state index contributed by atoms with van der Waals surface area (Å²) in [6, 6.07) is 5.76. The normalized spacial score (nSPS) is 17.2. The summed E-state index contributed by atoms with van der Waals surface area (Å²) in [5.41, 5.74) is 6.73. The number of ether oxygens (including phenoxy) is 1. The number of aromatic nitrogens is 1. The molecule has 1 unspecified atom stereocenters. The molecule has 1 atom stereocenters. The molecule has 1 fully saturated rings. The number of rotatable bonds is 7. The summed E-state index contributed by atoms with van der Waals surface area (Å²) in [6.45, 7) is 2.10. The van der Waals surface area contributed by atoms with Crippen LogP contribution in [0.25, 0.3) is 0 Å². The molecule has 1 saturated heterocycles. The van der Waals surface area contributed by atoms with Gasteiger partial charge in [0.05, 0.1) is 6.10 Å². The fourth-order valence-electron chi connectivity index (χ4n) is 2.31. The summed E-state index contributed by atoms with van der Waals surface area (Å²) >= 11 is 0. The van der Waals surface area contributed by atoms with Gasteiger partial charge in [0.15, 0.2) is 5.96 Å². The molecule has 2 rings (SSSR count). The molecule has 0 bridgehead atoms. The second-order valence-corrected chi connectivity index (χ2v) is 5.60. The second-order valence-electron chi connectivity index (χ2n) is 5.60. The van der Waals surface area contributed by atoms with Gasteiger partial charge in [-0.1, -0.05) is 6.07 Å². The highest BCUT2D eigenvalue weighted by molar-refractivity contribution is 14.0. The van der Waals surface area contributed by atoms with Crippen molar-refractivity contribution in [3.05, 3.63) is 30.1 Å². The number of aliphatic imine (C=N–C) groups is 1. The summed E-state index contributed by atoms with van der Waals surface area (Å²) in [4.78, 5) is 22.0. The first-order chi connectivity index (χ1) is 11.1. The molecular weight excluding hydrogens is 421 g/mol. The van der Waals surface area contributed by atoms with E-state index in [1.54, 1.807) is 18.1 Å². The average Bonchev–Trinajstić information content (AvgIpc) is 3.10. The number of nitrogens with two attached hydrogens (primary N) is 1. The minimum absolute atomic E-state index is 0. The maximum atomic E-state index is 12.0. The van der Waals surface area contributed by atoms with E-state index in [2.05, 4.69) is 15.3 Å². The third-order valence-corrected chi connectivity index (χ3v) is 3.77. The number of pyridine rings is 1. The highest BCUT2D eigenvalue weighted by Gasteiger charge is 2.15. The number of carbonyl (C=O) groups is 1. The highest BCUT2D eigenvalue weighted by atomic mass is 127. The van der Waals surface area contributed by atoms with Crippen LogP contribution in [0.1, 0.15) is 18.5 Å². The quantitative estimate of drug-likeness (QED) is 0.366. The van der Waals surface area contributed by atoms with Crippen LogP contribution < -0.4 is 11.1 Å². The van der Waals surface area contributed by atoms with Gasteiger partial charge < -0.3 is 20.7 Å². The Morgan fingerprint density at radius 3 is 3.04 bits per heavy atom. The van der Waals surface area contributed by atoms with Crippen molar-refractivity contribution < 1.29 is 9.53 Å². The molecule has 1 aromatic heterocycles. The van der Waals surface area contributed by atoms with Crippen LogP contribution in [0.3, 0.4) is 0 Å². The number of nitrogens with zero attached hydrogens (tertiary/aromatic N) is 3.